The van der Waals surface area contributed by atoms with Crippen LogP contribution in [-0.2, 0) is 9.59 Å². The molecular weight excluding hydrogens is 218 g/mol. The van der Waals surface area contributed by atoms with Crippen LogP contribution in [0.4, 0.5) is 0 Å². The number of thioether (sulfide) groups is 1. The quantitative estimate of drug-likeness (QED) is 0.556. The molecule has 0 heterocycles. The molecule has 1 unspecified atom stereocenters. The number of nitrogens with one attached hydrogen (secondary N) is 1. The highest BCUT2D eigenvalue weighted by atomic mass is 32.2. The van der Waals surface area contributed by atoms with Gasteiger partial charge in [-0.3, -0.25) is 4.79 Å². The van der Waals surface area contributed by atoms with Gasteiger partial charge in [0.2, 0.25) is 5.91 Å². The molecule has 0 spiro atoms. The first kappa shape index (κ1) is 14.0. The Morgan fingerprint density at radius 1 is 1.47 bits per heavy atom. The Morgan fingerprint density at radius 3 is 2.53 bits per heavy atom. The second kappa shape index (κ2) is 6.47. The molecule has 1 amide bonds. The van der Waals surface area contributed by atoms with Crippen LogP contribution in [0.2, 0.25) is 0 Å². The number of carbonyl (C=O) groups is 2. The largest absolute Gasteiger partial charge is 0.478 e. The minimum atomic E-state index is -1.18. The third-order valence-corrected chi connectivity index (χ3v) is 2.39. The Morgan fingerprint density at radius 2 is 2.07 bits per heavy atom. The zero-order valence-corrected chi connectivity index (χ0v) is 9.50. The van der Waals surface area contributed by atoms with E-state index in [1.165, 1.54) is 11.8 Å². The summed E-state index contributed by atoms with van der Waals surface area (Å²) in [5.74, 6) is -1.21. The average molecular weight is 233 g/mol. The van der Waals surface area contributed by atoms with Gasteiger partial charge in [0.25, 0.3) is 0 Å². The van der Waals surface area contributed by atoms with Gasteiger partial charge >= 0.3 is 5.97 Å². The van der Waals surface area contributed by atoms with Crippen molar-refractivity contribution in [1.29, 1.82) is 0 Å². The van der Waals surface area contributed by atoms with E-state index in [0.717, 1.165) is 12.2 Å². The van der Waals surface area contributed by atoms with Crippen LogP contribution in [0, 0.1) is 0 Å². The number of aliphatic hydroxyl groups is 1. The van der Waals surface area contributed by atoms with Gasteiger partial charge in [0, 0.05) is 24.4 Å². The van der Waals surface area contributed by atoms with E-state index >= 15 is 0 Å². The van der Waals surface area contributed by atoms with Gasteiger partial charge in [0.1, 0.15) is 0 Å². The fourth-order valence-electron chi connectivity index (χ4n) is 0.845. The second-order valence-corrected chi connectivity index (χ2v) is 4.19. The Hall–Kier alpha value is -1.01. The molecule has 0 aliphatic carbocycles. The van der Waals surface area contributed by atoms with Crippen molar-refractivity contribution < 1.29 is 19.8 Å². The van der Waals surface area contributed by atoms with Gasteiger partial charge in [0.05, 0.1) is 5.60 Å². The van der Waals surface area contributed by atoms with Gasteiger partial charge < -0.3 is 15.5 Å². The third-order valence-electron chi connectivity index (χ3n) is 1.48. The average Bonchev–Trinajstić information content (AvgIpc) is 2.11. The molecular formula is C9H15NO4S. The van der Waals surface area contributed by atoms with E-state index in [-0.39, 0.29) is 6.54 Å². The number of aliphatic carboxylic acids is 1. The molecule has 0 rings (SSSR count). The third kappa shape index (κ3) is 8.02. The molecule has 0 aromatic carbocycles. The van der Waals surface area contributed by atoms with Crippen molar-refractivity contribution in [2.24, 2.45) is 0 Å². The van der Waals surface area contributed by atoms with Crippen LogP contribution in [0.15, 0.2) is 12.2 Å². The topological polar surface area (TPSA) is 86.6 Å². The summed E-state index contributed by atoms with van der Waals surface area (Å²) in [6.07, 6.45) is 3.51. The minimum absolute atomic E-state index is 0.0939. The molecule has 15 heavy (non-hydrogen) atoms. The molecule has 86 valence electrons. The summed E-state index contributed by atoms with van der Waals surface area (Å²) >= 11 is 1.47. The Kier molecular flexibility index (Phi) is 6.03. The number of carboxylic acid groups (broad SMARTS) is 1. The van der Waals surface area contributed by atoms with E-state index in [1.54, 1.807) is 6.92 Å². The van der Waals surface area contributed by atoms with Crippen LogP contribution >= 0.6 is 11.8 Å². The first-order valence-corrected chi connectivity index (χ1v) is 5.67. The van der Waals surface area contributed by atoms with Gasteiger partial charge in [-0.25, -0.2) is 4.79 Å². The molecule has 0 saturated heterocycles. The summed E-state index contributed by atoms with van der Waals surface area (Å²) in [6.45, 7) is 1.70. The molecule has 0 aromatic rings. The number of rotatable bonds is 6. The lowest BCUT2D eigenvalue weighted by Gasteiger charge is -2.21. The first-order chi connectivity index (χ1) is 6.87. The van der Waals surface area contributed by atoms with Gasteiger partial charge in [0.15, 0.2) is 0 Å². The predicted octanol–water partition coefficient (Wildman–Crippen LogP) is -0.143. The Labute approximate surface area is 92.6 Å². The van der Waals surface area contributed by atoms with Crippen LogP contribution in [-0.4, -0.2) is 46.2 Å². The maximum atomic E-state index is 11.0. The molecule has 3 N–H and O–H groups in total. The molecule has 6 heteroatoms. The van der Waals surface area contributed by atoms with Gasteiger partial charge in [-0.15, -0.1) is 0 Å². The summed E-state index contributed by atoms with van der Waals surface area (Å²) < 4.78 is 0. The van der Waals surface area contributed by atoms with Crippen LogP contribution in [0.1, 0.15) is 6.92 Å². The molecule has 0 saturated carbocycles. The molecule has 0 aromatic heterocycles. The Balaban J connectivity index is 3.95. The van der Waals surface area contributed by atoms with E-state index in [4.69, 9.17) is 5.11 Å². The minimum Gasteiger partial charge on any atom is -0.478 e. The van der Waals surface area contributed by atoms with Crippen molar-refractivity contribution in [1.82, 2.24) is 5.32 Å². The number of amides is 1. The van der Waals surface area contributed by atoms with Gasteiger partial charge in [-0.05, 0) is 13.2 Å². The zero-order valence-electron chi connectivity index (χ0n) is 8.69. The lowest BCUT2D eigenvalue weighted by atomic mass is 10.1. The predicted molar refractivity (Wildman–Crippen MR) is 58.8 cm³/mol. The summed E-state index contributed by atoms with van der Waals surface area (Å²) in [4.78, 5) is 21.1. The maximum absolute atomic E-state index is 11.0. The van der Waals surface area contributed by atoms with E-state index in [0.29, 0.717) is 5.75 Å². The van der Waals surface area contributed by atoms with Crippen molar-refractivity contribution in [3.63, 3.8) is 0 Å². The van der Waals surface area contributed by atoms with Crippen molar-refractivity contribution in [2.75, 3.05) is 18.6 Å². The molecule has 0 aliphatic heterocycles. The zero-order chi connectivity index (χ0) is 11.9. The molecule has 0 fully saturated rings. The monoisotopic (exact) mass is 233 g/mol. The summed E-state index contributed by atoms with van der Waals surface area (Å²) in [5, 5.41) is 20.3. The van der Waals surface area contributed by atoms with Crippen molar-refractivity contribution in [3.8, 4) is 0 Å². The van der Waals surface area contributed by atoms with Crippen LogP contribution < -0.4 is 5.32 Å². The van der Waals surface area contributed by atoms with Crippen molar-refractivity contribution in [3.05, 3.63) is 12.2 Å². The highest BCUT2D eigenvalue weighted by Crippen LogP contribution is 2.08. The second-order valence-electron chi connectivity index (χ2n) is 3.32. The first-order valence-electron chi connectivity index (χ1n) is 4.27. The standard InChI is InChI=1S/C9H15NO4S/c1-9(14,6-15-2)5-10-7(11)3-4-8(12)13/h3-4,14H,5-6H2,1-2H3,(H,10,11)(H,12,13)/b4-3+. The summed E-state index contributed by atoms with van der Waals surface area (Å²) in [7, 11) is 0. The number of hydrogen-bond acceptors (Lipinski definition) is 4. The highest BCUT2D eigenvalue weighted by molar-refractivity contribution is 7.98. The van der Waals surface area contributed by atoms with E-state index in [1.807, 2.05) is 6.26 Å². The van der Waals surface area contributed by atoms with Crippen LogP contribution in [0.5, 0.6) is 0 Å². The fourth-order valence-corrected chi connectivity index (χ4v) is 1.57. The van der Waals surface area contributed by atoms with E-state index in [9.17, 15) is 14.7 Å². The van der Waals surface area contributed by atoms with Crippen molar-refractivity contribution >= 4 is 23.6 Å². The normalized spacial score (nSPS) is 14.9. The lowest BCUT2D eigenvalue weighted by molar-refractivity contribution is -0.131. The number of carbonyl (C=O) groups excluding carboxylic acids is 1. The van der Waals surface area contributed by atoms with E-state index < -0.39 is 17.5 Å². The van der Waals surface area contributed by atoms with E-state index in [2.05, 4.69) is 5.32 Å². The maximum Gasteiger partial charge on any atom is 0.328 e. The number of hydrogen-bond donors (Lipinski definition) is 3. The SMILES string of the molecule is CSCC(C)(O)CNC(=O)/C=C/C(=O)O. The molecule has 5 nitrogen and oxygen atoms in total. The molecule has 0 radical (unpaired) electrons. The highest BCUT2D eigenvalue weighted by Gasteiger charge is 2.19. The van der Waals surface area contributed by atoms with Crippen LogP contribution in [0.3, 0.4) is 0 Å². The van der Waals surface area contributed by atoms with Gasteiger partial charge in [-0.1, -0.05) is 0 Å². The number of carboxylic acids is 1. The molecule has 0 bridgehead atoms. The fraction of sp³-hybridized carbons (Fsp3) is 0.556. The van der Waals surface area contributed by atoms with Gasteiger partial charge in [-0.2, -0.15) is 11.8 Å². The smallest absolute Gasteiger partial charge is 0.328 e. The molecule has 0 aliphatic rings. The van der Waals surface area contributed by atoms with Crippen molar-refractivity contribution in [2.45, 2.75) is 12.5 Å². The Bertz CT molecular complexity index is 263. The lowest BCUT2D eigenvalue weighted by Crippen LogP contribution is -2.41. The summed E-state index contributed by atoms with van der Waals surface area (Å²) in [5.41, 5.74) is -0.980. The van der Waals surface area contributed by atoms with Crippen LogP contribution in [0.25, 0.3) is 0 Å². The summed E-state index contributed by atoms with van der Waals surface area (Å²) in [6, 6.07) is 0. The molecule has 1 atom stereocenters.